The molecule has 0 aliphatic carbocycles. The minimum absolute atomic E-state index is 0.177. The lowest BCUT2D eigenvalue weighted by Gasteiger charge is -2.25. The van der Waals surface area contributed by atoms with Gasteiger partial charge in [-0.3, -0.25) is 9.59 Å². The smallest absolute Gasteiger partial charge is 0.361 e. The van der Waals surface area contributed by atoms with Gasteiger partial charge in [-0.25, -0.2) is 4.79 Å². The van der Waals surface area contributed by atoms with E-state index in [-0.39, 0.29) is 32.2 Å². The van der Waals surface area contributed by atoms with E-state index in [1.807, 2.05) is 21.1 Å². The Morgan fingerprint density at radius 2 is 0.626 bits per heavy atom. The minimum Gasteiger partial charge on any atom is -0.477 e. The van der Waals surface area contributed by atoms with Crippen molar-refractivity contribution >= 4 is 17.9 Å². The second-order valence-corrected chi connectivity index (χ2v) is 25.9. The van der Waals surface area contributed by atoms with E-state index in [9.17, 15) is 19.5 Å². The number of carbonyl (C=O) groups excluding carboxylic acids is 2. The van der Waals surface area contributed by atoms with Crippen molar-refractivity contribution in [1.82, 2.24) is 0 Å². The molecule has 520 valence electrons. The van der Waals surface area contributed by atoms with Crippen LogP contribution in [-0.2, 0) is 33.3 Å². The van der Waals surface area contributed by atoms with Crippen molar-refractivity contribution in [3.05, 3.63) is 134 Å². The van der Waals surface area contributed by atoms with Crippen molar-refractivity contribution in [2.45, 2.75) is 322 Å². The van der Waals surface area contributed by atoms with Gasteiger partial charge in [0.25, 0.3) is 6.29 Å². The van der Waals surface area contributed by atoms with Crippen molar-refractivity contribution in [1.29, 1.82) is 0 Å². The average Bonchev–Trinajstić information content (AvgIpc) is 3.66. The Hall–Kier alpha value is -4.57. The number of nitrogens with zero attached hydrogens (tertiary/aromatic N) is 1. The van der Waals surface area contributed by atoms with Crippen LogP contribution in [0.2, 0.25) is 0 Å². The van der Waals surface area contributed by atoms with Crippen LogP contribution in [-0.4, -0.2) is 87.4 Å². The van der Waals surface area contributed by atoms with E-state index in [1.165, 1.54) is 167 Å². The van der Waals surface area contributed by atoms with Gasteiger partial charge in [0.15, 0.2) is 6.10 Å². The average molecular weight is 1270 g/mol. The van der Waals surface area contributed by atoms with Crippen molar-refractivity contribution in [3.63, 3.8) is 0 Å². The predicted octanol–water partition coefficient (Wildman–Crippen LogP) is 23.7. The van der Waals surface area contributed by atoms with E-state index in [2.05, 4.69) is 148 Å². The first kappa shape index (κ1) is 86.4. The molecule has 2 unspecified atom stereocenters. The van der Waals surface area contributed by atoms with Crippen LogP contribution in [0.1, 0.15) is 309 Å². The number of quaternary nitrogens is 1. The zero-order chi connectivity index (χ0) is 66.1. The molecular weight excluding hydrogens is 1130 g/mol. The number of esters is 2. The molecule has 0 fully saturated rings. The first-order valence-corrected chi connectivity index (χ1v) is 37.3. The topological polar surface area (TPSA) is 108 Å². The van der Waals surface area contributed by atoms with Gasteiger partial charge in [0, 0.05) is 12.8 Å². The summed E-state index contributed by atoms with van der Waals surface area (Å²) in [5, 5.41) is 9.76. The predicted molar refractivity (Wildman–Crippen MR) is 391 cm³/mol. The normalized spacial score (nSPS) is 13.5. The molecule has 0 radical (unpaired) electrons. The summed E-state index contributed by atoms with van der Waals surface area (Å²) >= 11 is 0. The third-order valence-electron chi connectivity index (χ3n) is 15.9. The largest absolute Gasteiger partial charge is 0.477 e. The number of carboxylic acid groups (broad SMARTS) is 1. The molecule has 9 heteroatoms. The molecule has 0 rings (SSSR count). The number of rotatable bonds is 68. The van der Waals surface area contributed by atoms with Crippen molar-refractivity contribution in [2.24, 2.45) is 0 Å². The number of unbranched alkanes of at least 4 members (excludes halogenated alkanes) is 31. The third kappa shape index (κ3) is 72.7. The van der Waals surface area contributed by atoms with E-state index >= 15 is 0 Å². The second-order valence-electron chi connectivity index (χ2n) is 25.9. The van der Waals surface area contributed by atoms with Crippen molar-refractivity contribution < 1.29 is 42.9 Å². The minimum atomic E-state index is -1.53. The van der Waals surface area contributed by atoms with Crippen LogP contribution in [0.3, 0.4) is 0 Å². The van der Waals surface area contributed by atoms with Crippen molar-refractivity contribution in [2.75, 3.05) is 47.5 Å². The fraction of sp³-hybridized carbons (Fsp3) is 0.695. The lowest BCUT2D eigenvalue weighted by molar-refractivity contribution is -0.870. The number of ether oxygens (including phenoxy) is 4. The maximum absolute atomic E-state index is 12.9. The number of hydrogen-bond acceptors (Lipinski definition) is 7. The SMILES string of the molecule is CC/C=C\C/C=C\C/C=C\C/C=C\C/C=C\C/C=C\C/C=C\C/C=C\CCCCCCC(=O)OC(COC(=O)CCCCCCCCCCCCCCCCCCCCCCCC/C=C\C/C=C\C/C=C\CCCCCCC)COC(OCC[N+](C)(C)C)C(=O)O. The lowest BCUT2D eigenvalue weighted by Crippen LogP contribution is -2.40. The maximum atomic E-state index is 12.9. The second kappa shape index (κ2) is 71.3. The molecule has 91 heavy (non-hydrogen) atoms. The quantitative estimate of drug-likeness (QED) is 0.0211. The van der Waals surface area contributed by atoms with Gasteiger partial charge < -0.3 is 28.5 Å². The highest BCUT2D eigenvalue weighted by atomic mass is 16.7. The molecule has 0 aromatic heterocycles. The Morgan fingerprint density at radius 1 is 0.341 bits per heavy atom. The molecule has 0 amide bonds. The van der Waals surface area contributed by atoms with Crippen LogP contribution in [0.4, 0.5) is 0 Å². The van der Waals surface area contributed by atoms with Gasteiger partial charge >= 0.3 is 17.9 Å². The zero-order valence-corrected chi connectivity index (χ0v) is 59.5. The molecule has 0 aliphatic rings. The van der Waals surface area contributed by atoms with E-state index in [1.54, 1.807) is 0 Å². The maximum Gasteiger partial charge on any atom is 0.361 e. The molecule has 9 nitrogen and oxygen atoms in total. The van der Waals surface area contributed by atoms with E-state index in [4.69, 9.17) is 18.9 Å². The molecule has 0 saturated carbocycles. The van der Waals surface area contributed by atoms with E-state index in [0.717, 1.165) is 109 Å². The van der Waals surface area contributed by atoms with Crippen LogP contribution in [0, 0.1) is 0 Å². The van der Waals surface area contributed by atoms with Crippen LogP contribution in [0.15, 0.2) is 134 Å². The molecule has 0 spiro atoms. The Kier molecular flexibility index (Phi) is 67.7. The highest BCUT2D eigenvalue weighted by Crippen LogP contribution is 2.17. The van der Waals surface area contributed by atoms with Gasteiger partial charge in [0.2, 0.25) is 0 Å². The number of likely N-dealkylation sites (N-methyl/N-ethyl adjacent to an activating group) is 1. The first-order valence-electron chi connectivity index (χ1n) is 37.3. The number of carbonyl (C=O) groups is 3. The van der Waals surface area contributed by atoms with Gasteiger partial charge in [-0.15, -0.1) is 0 Å². The van der Waals surface area contributed by atoms with Gasteiger partial charge in [0.1, 0.15) is 13.2 Å². The molecule has 1 N–H and O–H groups in total. The van der Waals surface area contributed by atoms with Crippen molar-refractivity contribution in [3.8, 4) is 0 Å². The Balaban J connectivity index is 4.11. The van der Waals surface area contributed by atoms with E-state index in [0.29, 0.717) is 23.9 Å². The Labute approximate surface area is 560 Å². The summed E-state index contributed by atoms with van der Waals surface area (Å²) < 4.78 is 23.0. The summed E-state index contributed by atoms with van der Waals surface area (Å²) in [7, 11) is 5.97. The third-order valence-corrected chi connectivity index (χ3v) is 15.9. The monoisotopic (exact) mass is 1270 g/mol. The molecule has 0 saturated heterocycles. The first-order chi connectivity index (χ1) is 44.6. The summed E-state index contributed by atoms with van der Waals surface area (Å²) in [4.78, 5) is 37.7. The molecular formula is C82H140NO8+. The summed E-state index contributed by atoms with van der Waals surface area (Å²) in [5.41, 5.74) is 0. The zero-order valence-electron chi connectivity index (χ0n) is 59.5. The van der Waals surface area contributed by atoms with E-state index < -0.39 is 24.3 Å². The fourth-order valence-electron chi connectivity index (χ4n) is 10.2. The number of allylic oxidation sites excluding steroid dienone is 22. The molecule has 0 heterocycles. The molecule has 0 aromatic rings. The molecule has 0 bridgehead atoms. The number of aliphatic carboxylic acids is 1. The summed E-state index contributed by atoms with van der Waals surface area (Å²) in [6.45, 7) is 4.73. The number of carboxylic acids is 1. The van der Waals surface area contributed by atoms with Gasteiger partial charge in [-0.1, -0.05) is 314 Å². The summed E-state index contributed by atoms with van der Waals surface area (Å²) in [6.07, 6.45) is 100. The summed E-state index contributed by atoms with van der Waals surface area (Å²) in [6, 6.07) is 0. The highest BCUT2D eigenvalue weighted by Gasteiger charge is 2.25. The van der Waals surface area contributed by atoms with Gasteiger partial charge in [-0.05, 0) is 116 Å². The Bertz CT molecular complexity index is 1960. The number of hydrogen-bond donors (Lipinski definition) is 1. The van der Waals surface area contributed by atoms with Crippen LogP contribution >= 0.6 is 0 Å². The molecule has 0 aromatic carbocycles. The molecule has 0 aliphatic heterocycles. The van der Waals surface area contributed by atoms with Gasteiger partial charge in [0.05, 0.1) is 34.4 Å². The fourth-order valence-corrected chi connectivity index (χ4v) is 10.2. The van der Waals surface area contributed by atoms with Gasteiger partial charge in [-0.2, -0.15) is 0 Å². The summed E-state index contributed by atoms with van der Waals surface area (Å²) in [5.74, 6) is -2.04. The van der Waals surface area contributed by atoms with Crippen LogP contribution < -0.4 is 0 Å². The van der Waals surface area contributed by atoms with Crippen LogP contribution in [0.5, 0.6) is 0 Å². The molecule has 2 atom stereocenters. The lowest BCUT2D eigenvalue weighted by atomic mass is 10.0. The van der Waals surface area contributed by atoms with Crippen LogP contribution in [0.25, 0.3) is 0 Å². The Morgan fingerprint density at radius 3 is 0.934 bits per heavy atom. The standard InChI is InChI=1S/C82H139NO8/c1-6-8-10-12-14-16-18-20-22-24-26-28-30-32-34-36-37-38-39-40-41-42-43-45-46-48-50-52-54-56-58-60-62-64-66-68-70-72-79(84)89-76-78(77-90-82(81(86)87)88-75-74-83(3,4)5)91-80(85)73-71-69-67-65-63-61-59-57-55-53-51-49-47-44-35-33-31-29-27-25-23-21-19-17-15-13-11-9-7-2/h9,11,15,17-18,20-21,23-24,26-27,29-30,32-33,35,47,49,53,55,59,61,78,82H,6-8,10,12-14,16,19,22,25,28,31,34,36-46,48,50-52,54,56-58,60,62-77H2,1-5H3/p+1/b11-9-,17-15-,20-18-,23-21-,26-24-,29-27-,32-30-,35-33-,49-47-,55-53-,61-59-. The highest BCUT2D eigenvalue weighted by molar-refractivity contribution is 5.71.